The molecule has 0 radical (unpaired) electrons. The molecule has 0 bridgehead atoms. The van der Waals surface area contributed by atoms with Crippen molar-refractivity contribution in [3.63, 3.8) is 0 Å². The lowest BCUT2D eigenvalue weighted by Crippen LogP contribution is -2.41. The van der Waals surface area contributed by atoms with Crippen LogP contribution in [0.3, 0.4) is 0 Å². The molecular weight excluding hydrogens is 431 g/mol. The van der Waals surface area contributed by atoms with Crippen molar-refractivity contribution < 1.29 is 14.0 Å². The van der Waals surface area contributed by atoms with E-state index in [-0.39, 0.29) is 24.3 Å². The Labute approximate surface area is 186 Å². The lowest BCUT2D eigenvalue weighted by Gasteiger charge is -2.09. The number of halogens is 1. The summed E-state index contributed by atoms with van der Waals surface area (Å²) in [5.41, 5.74) is 6.85. The number of thiophene rings is 1. The minimum atomic E-state index is -0.461. The number of aryl methyl sites for hydroxylation is 2. The predicted molar refractivity (Wildman–Crippen MR) is 121 cm³/mol. The quantitative estimate of drug-likeness (QED) is 0.456. The summed E-state index contributed by atoms with van der Waals surface area (Å²) >= 11 is 1.23. The molecule has 32 heavy (non-hydrogen) atoms. The number of hydrogen-bond donors (Lipinski definition) is 2. The van der Waals surface area contributed by atoms with Crippen molar-refractivity contribution in [3.05, 3.63) is 87.5 Å². The molecule has 2 N–H and O–H groups in total. The Bertz CT molecular complexity index is 1360. The van der Waals surface area contributed by atoms with Crippen molar-refractivity contribution in [2.45, 2.75) is 19.9 Å². The van der Waals surface area contributed by atoms with E-state index in [1.54, 1.807) is 36.4 Å². The molecule has 0 atom stereocenters. The van der Waals surface area contributed by atoms with Gasteiger partial charge >= 0.3 is 0 Å². The normalized spacial score (nSPS) is 10.8. The second-order valence-corrected chi connectivity index (χ2v) is 8.22. The van der Waals surface area contributed by atoms with Crippen LogP contribution in [0.2, 0.25) is 0 Å². The van der Waals surface area contributed by atoms with Crippen molar-refractivity contribution in [1.82, 2.24) is 20.4 Å². The maximum atomic E-state index is 13.1. The lowest BCUT2D eigenvalue weighted by atomic mass is 10.1. The standard InChI is InChI=1S/C23H19FN4O3S/c1-14-3-2-4-17-21(14)25-13-28(23(17)31)12-11-20(29)26-27-22(30)19-10-9-18(32-19)15-5-7-16(24)8-6-15/h2-10,13H,11-12H2,1H3,(H,26,29)(H,27,30). The van der Waals surface area contributed by atoms with Gasteiger partial charge in [0.15, 0.2) is 0 Å². The zero-order valence-electron chi connectivity index (χ0n) is 17.1. The molecule has 4 aromatic rings. The minimum absolute atomic E-state index is 0.00947. The van der Waals surface area contributed by atoms with Gasteiger partial charge in [-0.05, 0) is 48.4 Å². The number of benzene rings is 2. The van der Waals surface area contributed by atoms with Gasteiger partial charge in [-0.3, -0.25) is 29.8 Å². The average molecular weight is 450 g/mol. The first-order valence-electron chi connectivity index (χ1n) is 9.82. The van der Waals surface area contributed by atoms with Gasteiger partial charge in [-0.2, -0.15) is 0 Å². The Morgan fingerprint density at radius 2 is 1.84 bits per heavy atom. The number of fused-ring (bicyclic) bond motifs is 1. The smallest absolute Gasteiger partial charge is 0.279 e. The number of hydrogen-bond acceptors (Lipinski definition) is 5. The molecule has 0 aliphatic carbocycles. The van der Waals surface area contributed by atoms with Crippen LogP contribution in [-0.2, 0) is 11.3 Å². The van der Waals surface area contributed by atoms with Gasteiger partial charge in [0.2, 0.25) is 5.91 Å². The highest BCUT2D eigenvalue weighted by atomic mass is 32.1. The third-order valence-corrected chi connectivity index (χ3v) is 6.04. The summed E-state index contributed by atoms with van der Waals surface area (Å²) in [7, 11) is 0. The highest BCUT2D eigenvalue weighted by Gasteiger charge is 2.12. The van der Waals surface area contributed by atoms with Crippen LogP contribution < -0.4 is 16.4 Å². The van der Waals surface area contributed by atoms with Crippen LogP contribution in [-0.4, -0.2) is 21.4 Å². The van der Waals surface area contributed by atoms with Crippen LogP contribution in [0.5, 0.6) is 0 Å². The van der Waals surface area contributed by atoms with E-state index < -0.39 is 11.8 Å². The molecule has 2 amide bonds. The Morgan fingerprint density at radius 1 is 1.06 bits per heavy atom. The monoisotopic (exact) mass is 450 g/mol. The van der Waals surface area contributed by atoms with Crippen LogP contribution in [0.15, 0.2) is 65.7 Å². The maximum Gasteiger partial charge on any atom is 0.279 e. The van der Waals surface area contributed by atoms with Crippen molar-refractivity contribution in [3.8, 4) is 10.4 Å². The first kappa shape index (κ1) is 21.4. The fourth-order valence-electron chi connectivity index (χ4n) is 3.20. The van der Waals surface area contributed by atoms with E-state index in [0.717, 1.165) is 16.0 Å². The van der Waals surface area contributed by atoms with Gasteiger partial charge in [0, 0.05) is 17.8 Å². The summed E-state index contributed by atoms with van der Waals surface area (Å²) in [4.78, 5) is 42.6. The summed E-state index contributed by atoms with van der Waals surface area (Å²) in [6.07, 6.45) is 1.41. The van der Waals surface area contributed by atoms with Gasteiger partial charge in [-0.1, -0.05) is 24.3 Å². The molecule has 9 heteroatoms. The fraction of sp³-hybridized carbons (Fsp3) is 0.130. The Hall–Kier alpha value is -3.85. The molecule has 2 aromatic heterocycles. The van der Waals surface area contributed by atoms with E-state index in [0.29, 0.717) is 15.8 Å². The Morgan fingerprint density at radius 3 is 2.62 bits per heavy atom. The number of carbonyl (C=O) groups excluding carboxylic acids is 2. The molecule has 0 saturated carbocycles. The van der Waals surface area contributed by atoms with Crippen LogP contribution in [0.1, 0.15) is 21.7 Å². The zero-order valence-corrected chi connectivity index (χ0v) is 17.9. The summed E-state index contributed by atoms with van der Waals surface area (Å²) in [6, 6.07) is 14.7. The van der Waals surface area contributed by atoms with Gasteiger partial charge in [0.1, 0.15) is 5.82 Å². The van der Waals surface area contributed by atoms with E-state index in [2.05, 4.69) is 15.8 Å². The molecule has 4 rings (SSSR count). The molecule has 0 fully saturated rings. The Kier molecular flexibility index (Phi) is 6.09. The molecule has 0 spiro atoms. The van der Waals surface area contributed by atoms with Gasteiger partial charge < -0.3 is 0 Å². The molecule has 2 heterocycles. The fourth-order valence-corrected chi connectivity index (χ4v) is 4.11. The number of hydrazine groups is 1. The predicted octanol–water partition coefficient (Wildman–Crippen LogP) is 3.42. The van der Waals surface area contributed by atoms with Crippen LogP contribution in [0.4, 0.5) is 4.39 Å². The third kappa shape index (κ3) is 4.57. The average Bonchev–Trinajstić information content (AvgIpc) is 3.28. The topological polar surface area (TPSA) is 93.1 Å². The van der Waals surface area contributed by atoms with E-state index >= 15 is 0 Å². The SMILES string of the molecule is Cc1cccc2c(=O)n(CCC(=O)NNC(=O)c3ccc(-c4ccc(F)cc4)s3)cnc12. The van der Waals surface area contributed by atoms with E-state index in [4.69, 9.17) is 0 Å². The highest BCUT2D eigenvalue weighted by molar-refractivity contribution is 7.17. The van der Waals surface area contributed by atoms with E-state index in [1.165, 1.54) is 34.4 Å². The Balaban J connectivity index is 1.33. The summed E-state index contributed by atoms with van der Waals surface area (Å²) in [6.45, 7) is 2.01. The maximum absolute atomic E-state index is 13.1. The van der Waals surface area contributed by atoms with Crippen molar-refractivity contribution in [2.75, 3.05) is 0 Å². The number of rotatable bonds is 5. The molecule has 0 aliphatic heterocycles. The second kappa shape index (κ2) is 9.11. The summed E-state index contributed by atoms with van der Waals surface area (Å²) < 4.78 is 14.4. The number of nitrogens with one attached hydrogen (secondary N) is 2. The van der Waals surface area contributed by atoms with Gasteiger partial charge in [0.05, 0.1) is 22.1 Å². The van der Waals surface area contributed by atoms with Crippen molar-refractivity contribution in [2.24, 2.45) is 0 Å². The molecular formula is C23H19FN4O3S. The van der Waals surface area contributed by atoms with Gasteiger partial charge in [-0.25, -0.2) is 9.37 Å². The van der Waals surface area contributed by atoms with E-state index in [1.807, 2.05) is 13.0 Å². The molecule has 0 saturated heterocycles. The minimum Gasteiger partial charge on any atom is -0.298 e. The molecule has 2 aromatic carbocycles. The van der Waals surface area contributed by atoms with Crippen LogP contribution >= 0.6 is 11.3 Å². The molecule has 162 valence electrons. The molecule has 0 unspecified atom stereocenters. The van der Waals surface area contributed by atoms with Crippen molar-refractivity contribution in [1.29, 1.82) is 0 Å². The molecule has 7 nitrogen and oxygen atoms in total. The highest BCUT2D eigenvalue weighted by Crippen LogP contribution is 2.28. The zero-order chi connectivity index (χ0) is 22.7. The van der Waals surface area contributed by atoms with Crippen LogP contribution in [0.25, 0.3) is 21.3 Å². The third-order valence-electron chi connectivity index (χ3n) is 4.91. The second-order valence-electron chi connectivity index (χ2n) is 7.14. The van der Waals surface area contributed by atoms with E-state index in [9.17, 15) is 18.8 Å². The first-order chi connectivity index (χ1) is 15.4. The van der Waals surface area contributed by atoms with Crippen LogP contribution in [0, 0.1) is 12.7 Å². The number of aromatic nitrogens is 2. The summed E-state index contributed by atoms with van der Waals surface area (Å²) in [5.74, 6) is -1.23. The van der Waals surface area contributed by atoms with Gasteiger partial charge in [0.25, 0.3) is 11.5 Å². The number of para-hydroxylation sites is 1. The first-order valence-corrected chi connectivity index (χ1v) is 10.6. The van der Waals surface area contributed by atoms with Gasteiger partial charge in [-0.15, -0.1) is 11.3 Å². The molecule has 0 aliphatic rings. The van der Waals surface area contributed by atoms with Crippen molar-refractivity contribution >= 4 is 34.1 Å². The summed E-state index contributed by atoms with van der Waals surface area (Å²) in [5, 5.41) is 0.496. The number of amides is 2. The largest absolute Gasteiger partial charge is 0.298 e. The number of carbonyl (C=O) groups is 2. The number of nitrogens with zero attached hydrogens (tertiary/aromatic N) is 2. The lowest BCUT2D eigenvalue weighted by molar-refractivity contribution is -0.122.